The zero-order valence-corrected chi connectivity index (χ0v) is 10.3. The third-order valence-electron chi connectivity index (χ3n) is 2.01. The van der Waals surface area contributed by atoms with Crippen molar-refractivity contribution in [3.63, 3.8) is 0 Å². The van der Waals surface area contributed by atoms with Crippen LogP contribution in [0.5, 0.6) is 0 Å². The minimum Gasteiger partial charge on any atom is -0.310 e. The topological polar surface area (TPSA) is 12.0 Å². The fourth-order valence-electron chi connectivity index (χ4n) is 1.18. The van der Waals surface area contributed by atoms with Crippen molar-refractivity contribution in [1.82, 2.24) is 5.32 Å². The molecule has 0 amide bonds. The van der Waals surface area contributed by atoms with Crippen LogP contribution >= 0.6 is 11.8 Å². The zero-order chi connectivity index (χ0) is 11.1. The number of hydrogen-bond acceptors (Lipinski definition) is 2. The Balaban J connectivity index is 2.45. The van der Waals surface area contributed by atoms with Crippen LogP contribution in [0.15, 0.2) is 41.8 Å². The molecule has 15 heavy (non-hydrogen) atoms. The van der Waals surface area contributed by atoms with E-state index in [-0.39, 0.29) is 0 Å². The van der Waals surface area contributed by atoms with Crippen LogP contribution in [0.3, 0.4) is 0 Å². The summed E-state index contributed by atoms with van der Waals surface area (Å²) >= 11 is 1.82. The molecule has 1 nitrogen and oxygen atoms in total. The van der Waals surface area contributed by atoms with Gasteiger partial charge in [0.2, 0.25) is 0 Å². The van der Waals surface area contributed by atoms with Crippen molar-refractivity contribution in [2.45, 2.75) is 31.3 Å². The van der Waals surface area contributed by atoms with Crippen LogP contribution in [0, 0.1) is 0 Å². The monoisotopic (exact) mass is 221 g/mol. The molecule has 0 atom stereocenters. The molecule has 0 saturated carbocycles. The second-order valence-corrected chi connectivity index (χ2v) is 4.87. The summed E-state index contributed by atoms with van der Waals surface area (Å²) in [6.45, 7) is 8.98. The zero-order valence-electron chi connectivity index (χ0n) is 9.49. The predicted octanol–water partition coefficient (Wildman–Crippen LogP) is 3.46. The first-order chi connectivity index (χ1) is 7.22. The van der Waals surface area contributed by atoms with Crippen molar-refractivity contribution in [2.24, 2.45) is 0 Å². The second-order valence-electron chi connectivity index (χ2n) is 3.78. The van der Waals surface area contributed by atoms with Gasteiger partial charge in [-0.05, 0) is 17.7 Å². The van der Waals surface area contributed by atoms with Crippen molar-refractivity contribution in [3.8, 4) is 0 Å². The van der Waals surface area contributed by atoms with E-state index >= 15 is 0 Å². The maximum Gasteiger partial charge on any atom is 0.0207 e. The van der Waals surface area contributed by atoms with Gasteiger partial charge in [0.25, 0.3) is 0 Å². The molecule has 82 valence electrons. The summed E-state index contributed by atoms with van der Waals surface area (Å²) in [7, 11) is 0. The maximum absolute atomic E-state index is 3.71. The molecule has 0 aromatic heterocycles. The number of hydrogen-bond donors (Lipinski definition) is 1. The Labute approximate surface area is 97.0 Å². The van der Waals surface area contributed by atoms with Crippen molar-refractivity contribution in [2.75, 3.05) is 5.75 Å². The Morgan fingerprint density at radius 3 is 2.53 bits per heavy atom. The number of rotatable bonds is 6. The minimum absolute atomic E-state index is 0.541. The first-order valence-corrected chi connectivity index (χ1v) is 6.27. The second kappa shape index (κ2) is 6.70. The highest BCUT2D eigenvalue weighted by Crippen LogP contribution is 2.18. The molecule has 0 aliphatic carbocycles. The highest BCUT2D eigenvalue weighted by molar-refractivity contribution is 7.99. The van der Waals surface area contributed by atoms with Gasteiger partial charge in [0.15, 0.2) is 0 Å². The van der Waals surface area contributed by atoms with E-state index in [2.05, 4.69) is 50.0 Å². The smallest absolute Gasteiger partial charge is 0.0207 e. The summed E-state index contributed by atoms with van der Waals surface area (Å²) in [5.74, 6) is 0.976. The van der Waals surface area contributed by atoms with E-state index in [0.29, 0.717) is 6.04 Å². The lowest BCUT2D eigenvalue weighted by Gasteiger charge is -2.08. The molecule has 1 aromatic carbocycles. The number of benzene rings is 1. The standard InChI is InChI=1S/C13H19NS/c1-4-9-15-13-7-5-12(6-8-13)10-14-11(2)3/h4-8,11,14H,1,9-10H2,2-3H3. The summed E-state index contributed by atoms with van der Waals surface area (Å²) < 4.78 is 0. The Morgan fingerprint density at radius 2 is 2.00 bits per heavy atom. The molecule has 0 radical (unpaired) electrons. The fourth-order valence-corrected chi connectivity index (χ4v) is 1.82. The molecule has 0 heterocycles. The van der Waals surface area contributed by atoms with Crippen LogP contribution in [-0.2, 0) is 6.54 Å². The van der Waals surface area contributed by atoms with Crippen molar-refractivity contribution in [1.29, 1.82) is 0 Å². The summed E-state index contributed by atoms with van der Waals surface area (Å²) in [5.41, 5.74) is 1.34. The molecule has 0 fully saturated rings. The molecule has 0 aliphatic rings. The summed E-state index contributed by atoms with van der Waals surface area (Å²) in [4.78, 5) is 1.31. The Hall–Kier alpha value is -0.730. The largest absolute Gasteiger partial charge is 0.310 e. The molecule has 0 unspecified atom stereocenters. The van der Waals surface area contributed by atoms with Gasteiger partial charge in [0.1, 0.15) is 0 Å². The molecule has 1 aromatic rings. The number of thioether (sulfide) groups is 1. The van der Waals surface area contributed by atoms with Crippen LogP contribution in [0.2, 0.25) is 0 Å². The quantitative estimate of drug-likeness (QED) is 0.583. The highest BCUT2D eigenvalue weighted by Gasteiger charge is 1.96. The molecular weight excluding hydrogens is 202 g/mol. The van der Waals surface area contributed by atoms with Crippen molar-refractivity contribution in [3.05, 3.63) is 42.5 Å². The van der Waals surface area contributed by atoms with Gasteiger partial charge in [-0.3, -0.25) is 0 Å². The van der Waals surface area contributed by atoms with Gasteiger partial charge in [-0.2, -0.15) is 0 Å². The lowest BCUT2D eigenvalue weighted by molar-refractivity contribution is 0.588. The van der Waals surface area contributed by atoms with E-state index in [9.17, 15) is 0 Å². The molecule has 0 bridgehead atoms. The summed E-state index contributed by atoms with van der Waals surface area (Å²) in [5, 5.41) is 3.40. The molecule has 0 aliphatic heterocycles. The Bertz CT molecular complexity index is 290. The Kier molecular flexibility index (Phi) is 5.51. The molecule has 0 spiro atoms. The lowest BCUT2D eigenvalue weighted by atomic mass is 10.2. The minimum atomic E-state index is 0.541. The van der Waals surface area contributed by atoms with Gasteiger partial charge >= 0.3 is 0 Å². The van der Waals surface area contributed by atoms with Crippen LogP contribution in [0.4, 0.5) is 0 Å². The third-order valence-corrected chi connectivity index (χ3v) is 3.01. The summed E-state index contributed by atoms with van der Waals surface area (Å²) in [6.07, 6.45) is 1.93. The van der Waals surface area contributed by atoms with Crippen molar-refractivity contribution < 1.29 is 0 Å². The van der Waals surface area contributed by atoms with E-state index in [0.717, 1.165) is 12.3 Å². The average molecular weight is 221 g/mol. The van der Waals surface area contributed by atoms with E-state index in [1.54, 1.807) is 0 Å². The van der Waals surface area contributed by atoms with Gasteiger partial charge in [-0.1, -0.05) is 32.1 Å². The van der Waals surface area contributed by atoms with Crippen LogP contribution in [-0.4, -0.2) is 11.8 Å². The van der Waals surface area contributed by atoms with E-state index in [1.165, 1.54) is 10.5 Å². The van der Waals surface area contributed by atoms with E-state index < -0.39 is 0 Å². The van der Waals surface area contributed by atoms with Crippen LogP contribution in [0.1, 0.15) is 19.4 Å². The normalized spacial score (nSPS) is 10.6. The summed E-state index contributed by atoms with van der Waals surface area (Å²) in [6, 6.07) is 9.25. The first-order valence-electron chi connectivity index (χ1n) is 5.28. The van der Waals surface area contributed by atoms with Crippen molar-refractivity contribution >= 4 is 11.8 Å². The van der Waals surface area contributed by atoms with E-state index in [4.69, 9.17) is 0 Å². The maximum atomic E-state index is 3.71. The Morgan fingerprint density at radius 1 is 1.33 bits per heavy atom. The SMILES string of the molecule is C=CCSc1ccc(CNC(C)C)cc1. The third kappa shape index (κ3) is 5.05. The van der Waals surface area contributed by atoms with Gasteiger partial charge in [0, 0.05) is 23.2 Å². The van der Waals surface area contributed by atoms with Crippen LogP contribution < -0.4 is 5.32 Å². The predicted molar refractivity (Wildman–Crippen MR) is 69.3 cm³/mol. The van der Waals surface area contributed by atoms with Gasteiger partial charge in [-0.15, -0.1) is 18.3 Å². The van der Waals surface area contributed by atoms with Gasteiger partial charge in [-0.25, -0.2) is 0 Å². The van der Waals surface area contributed by atoms with E-state index in [1.807, 2.05) is 17.8 Å². The molecule has 1 rings (SSSR count). The van der Waals surface area contributed by atoms with Gasteiger partial charge in [0.05, 0.1) is 0 Å². The molecule has 1 N–H and O–H groups in total. The van der Waals surface area contributed by atoms with Gasteiger partial charge < -0.3 is 5.32 Å². The highest BCUT2D eigenvalue weighted by atomic mass is 32.2. The van der Waals surface area contributed by atoms with Crippen LogP contribution in [0.25, 0.3) is 0 Å². The number of nitrogens with one attached hydrogen (secondary N) is 1. The molecular formula is C13H19NS. The average Bonchev–Trinajstić information content (AvgIpc) is 2.25. The first kappa shape index (κ1) is 12.3. The fraction of sp³-hybridized carbons (Fsp3) is 0.385. The molecule has 2 heteroatoms. The molecule has 0 saturated heterocycles. The lowest BCUT2D eigenvalue weighted by Crippen LogP contribution is -2.21.